The predicted molar refractivity (Wildman–Crippen MR) is 75.3 cm³/mol. The Morgan fingerprint density at radius 1 is 1.44 bits per heavy atom. The lowest BCUT2D eigenvalue weighted by Crippen LogP contribution is -1.93. The van der Waals surface area contributed by atoms with Crippen LogP contribution in [0.1, 0.15) is 16.7 Å². The summed E-state index contributed by atoms with van der Waals surface area (Å²) in [6.07, 6.45) is 1.55. The minimum atomic E-state index is 0.249. The molecule has 5 nitrogen and oxygen atoms in total. The molecule has 2 rings (SSSR count). The first-order chi connectivity index (χ1) is 8.58. The third-order valence-corrected chi connectivity index (χ3v) is 3.38. The lowest BCUT2D eigenvalue weighted by Gasteiger charge is -2.05. The highest BCUT2D eigenvalue weighted by atomic mass is 32.1. The van der Waals surface area contributed by atoms with E-state index in [1.54, 1.807) is 11.6 Å². The van der Waals surface area contributed by atoms with E-state index in [-0.39, 0.29) is 5.75 Å². The molecule has 0 saturated heterocycles. The Labute approximate surface area is 109 Å². The number of hydrogen-bond donors (Lipinski definition) is 3. The summed E-state index contributed by atoms with van der Waals surface area (Å²) in [5.41, 5.74) is 10.8. The number of aryl methyl sites for hydroxylation is 1. The first kappa shape index (κ1) is 12.4. The quantitative estimate of drug-likeness (QED) is 0.586. The van der Waals surface area contributed by atoms with Crippen LogP contribution in [0.25, 0.3) is 0 Å². The number of phenols is 1. The van der Waals surface area contributed by atoms with Gasteiger partial charge in [-0.1, -0.05) is 6.07 Å². The van der Waals surface area contributed by atoms with Gasteiger partial charge in [0.1, 0.15) is 11.6 Å². The Kier molecular flexibility index (Phi) is 3.47. The van der Waals surface area contributed by atoms with Gasteiger partial charge in [-0.25, -0.2) is 4.98 Å². The van der Waals surface area contributed by atoms with Crippen LogP contribution in [0.4, 0.5) is 10.9 Å². The van der Waals surface area contributed by atoms with E-state index < -0.39 is 0 Å². The number of nitrogens with one attached hydrogen (secondary N) is 1. The van der Waals surface area contributed by atoms with Crippen molar-refractivity contribution in [2.75, 3.05) is 11.2 Å². The molecule has 1 aromatic carbocycles. The summed E-state index contributed by atoms with van der Waals surface area (Å²) in [5, 5.41) is 16.3. The standard InChI is InChI=1S/C12H14N4OS/c1-7-3-4-9(11(17)8(7)2)5-14-16-12-15-10(13)6-18-12/h3-6,17H,13H2,1-2H3,(H,15,16). The van der Waals surface area contributed by atoms with Crippen molar-refractivity contribution in [3.05, 3.63) is 34.2 Å². The van der Waals surface area contributed by atoms with E-state index in [1.807, 2.05) is 26.0 Å². The van der Waals surface area contributed by atoms with E-state index in [4.69, 9.17) is 5.73 Å². The third kappa shape index (κ3) is 2.60. The maximum Gasteiger partial charge on any atom is 0.205 e. The highest BCUT2D eigenvalue weighted by Gasteiger charge is 2.04. The predicted octanol–water partition coefficient (Wildman–Crippen LogP) is 2.49. The summed E-state index contributed by atoms with van der Waals surface area (Å²) < 4.78 is 0. The monoisotopic (exact) mass is 262 g/mol. The number of nitrogen functional groups attached to an aromatic ring is 1. The minimum Gasteiger partial charge on any atom is -0.507 e. The highest BCUT2D eigenvalue weighted by molar-refractivity contribution is 7.14. The average Bonchev–Trinajstić information content (AvgIpc) is 2.75. The van der Waals surface area contributed by atoms with E-state index in [0.29, 0.717) is 16.5 Å². The molecule has 1 heterocycles. The third-order valence-electron chi connectivity index (χ3n) is 2.62. The Morgan fingerprint density at radius 3 is 2.89 bits per heavy atom. The van der Waals surface area contributed by atoms with Crippen LogP contribution >= 0.6 is 11.3 Å². The summed E-state index contributed by atoms with van der Waals surface area (Å²) in [6.45, 7) is 3.82. The lowest BCUT2D eigenvalue weighted by molar-refractivity contribution is 0.469. The molecule has 0 aliphatic heterocycles. The van der Waals surface area contributed by atoms with Crippen LogP contribution in [-0.2, 0) is 0 Å². The molecule has 0 bridgehead atoms. The molecular formula is C12H14N4OS. The zero-order valence-corrected chi connectivity index (χ0v) is 11.0. The van der Waals surface area contributed by atoms with E-state index in [9.17, 15) is 5.11 Å². The molecule has 0 spiro atoms. The Morgan fingerprint density at radius 2 is 2.22 bits per heavy atom. The van der Waals surface area contributed by atoms with Gasteiger partial charge in [-0.05, 0) is 31.0 Å². The summed E-state index contributed by atoms with van der Waals surface area (Å²) >= 11 is 1.37. The number of aromatic hydroxyl groups is 1. The van der Waals surface area contributed by atoms with Crippen LogP contribution in [0.15, 0.2) is 22.6 Å². The number of hydrazone groups is 1. The fourth-order valence-electron chi connectivity index (χ4n) is 1.42. The fraction of sp³-hybridized carbons (Fsp3) is 0.167. The number of hydrogen-bond acceptors (Lipinski definition) is 6. The maximum absolute atomic E-state index is 9.93. The Hall–Kier alpha value is -2.08. The number of benzene rings is 1. The molecule has 1 aromatic heterocycles. The second-order valence-electron chi connectivity index (χ2n) is 3.89. The normalized spacial score (nSPS) is 11.0. The molecule has 94 valence electrons. The molecule has 0 saturated carbocycles. The van der Waals surface area contributed by atoms with Gasteiger partial charge in [0.05, 0.1) is 6.21 Å². The number of thiazole rings is 1. The molecule has 2 aromatic rings. The first-order valence-electron chi connectivity index (χ1n) is 5.37. The van der Waals surface area contributed by atoms with E-state index in [0.717, 1.165) is 11.1 Å². The molecule has 4 N–H and O–H groups in total. The number of nitrogens with zero attached hydrogens (tertiary/aromatic N) is 2. The SMILES string of the molecule is Cc1ccc(C=NNc2nc(N)cs2)c(O)c1C. The van der Waals surface area contributed by atoms with Crippen LogP contribution in [0.3, 0.4) is 0 Å². The van der Waals surface area contributed by atoms with E-state index in [1.165, 1.54) is 11.3 Å². The van der Waals surface area contributed by atoms with Gasteiger partial charge in [-0.2, -0.15) is 5.10 Å². The van der Waals surface area contributed by atoms with Gasteiger partial charge in [-0.15, -0.1) is 11.3 Å². The molecule has 0 aliphatic carbocycles. The highest BCUT2D eigenvalue weighted by Crippen LogP contribution is 2.23. The molecule has 0 amide bonds. The zero-order valence-electron chi connectivity index (χ0n) is 10.1. The van der Waals surface area contributed by atoms with Crippen molar-refractivity contribution in [2.45, 2.75) is 13.8 Å². The summed E-state index contributed by atoms with van der Waals surface area (Å²) in [5.74, 6) is 0.714. The number of phenolic OH excluding ortho intramolecular Hbond substituents is 1. The van der Waals surface area contributed by atoms with Crippen LogP contribution < -0.4 is 11.2 Å². The van der Waals surface area contributed by atoms with Gasteiger partial charge in [0.2, 0.25) is 5.13 Å². The summed E-state index contributed by atoms with van der Waals surface area (Å²) in [4.78, 5) is 4.00. The minimum absolute atomic E-state index is 0.249. The van der Waals surface area contributed by atoms with Crippen molar-refractivity contribution < 1.29 is 5.11 Å². The van der Waals surface area contributed by atoms with Gasteiger partial charge in [0.15, 0.2) is 0 Å². The van der Waals surface area contributed by atoms with Crippen molar-refractivity contribution in [2.24, 2.45) is 5.10 Å². The van der Waals surface area contributed by atoms with Gasteiger partial charge < -0.3 is 10.8 Å². The molecular weight excluding hydrogens is 248 g/mol. The second kappa shape index (κ2) is 5.05. The number of anilines is 2. The second-order valence-corrected chi connectivity index (χ2v) is 4.75. The molecule has 6 heteroatoms. The molecule has 0 atom stereocenters. The van der Waals surface area contributed by atoms with Crippen molar-refractivity contribution >= 4 is 28.5 Å². The summed E-state index contributed by atoms with van der Waals surface area (Å²) in [6, 6.07) is 3.76. The van der Waals surface area contributed by atoms with Gasteiger partial charge >= 0.3 is 0 Å². The van der Waals surface area contributed by atoms with Gasteiger partial charge in [-0.3, -0.25) is 5.43 Å². The van der Waals surface area contributed by atoms with Crippen LogP contribution in [0, 0.1) is 13.8 Å². The largest absolute Gasteiger partial charge is 0.507 e. The Balaban J connectivity index is 2.12. The average molecular weight is 262 g/mol. The van der Waals surface area contributed by atoms with Crippen LogP contribution in [0.2, 0.25) is 0 Å². The molecule has 18 heavy (non-hydrogen) atoms. The fourth-order valence-corrected chi connectivity index (χ4v) is 1.97. The smallest absolute Gasteiger partial charge is 0.205 e. The van der Waals surface area contributed by atoms with Gasteiger partial charge in [0, 0.05) is 10.9 Å². The molecule has 0 unspecified atom stereocenters. The van der Waals surface area contributed by atoms with E-state index in [2.05, 4.69) is 15.5 Å². The van der Waals surface area contributed by atoms with Crippen molar-refractivity contribution in [1.82, 2.24) is 4.98 Å². The topological polar surface area (TPSA) is 83.5 Å². The van der Waals surface area contributed by atoms with E-state index >= 15 is 0 Å². The van der Waals surface area contributed by atoms with Crippen LogP contribution in [0.5, 0.6) is 5.75 Å². The van der Waals surface area contributed by atoms with Crippen LogP contribution in [-0.4, -0.2) is 16.3 Å². The number of rotatable bonds is 3. The molecule has 0 aliphatic rings. The van der Waals surface area contributed by atoms with Crippen molar-refractivity contribution in [3.8, 4) is 5.75 Å². The van der Waals surface area contributed by atoms with Crippen molar-refractivity contribution in [1.29, 1.82) is 0 Å². The lowest BCUT2D eigenvalue weighted by atomic mass is 10.1. The molecule has 0 fully saturated rings. The van der Waals surface area contributed by atoms with Gasteiger partial charge in [0.25, 0.3) is 0 Å². The van der Waals surface area contributed by atoms with Crippen molar-refractivity contribution in [3.63, 3.8) is 0 Å². The first-order valence-corrected chi connectivity index (χ1v) is 6.25. The number of nitrogens with two attached hydrogens (primary N) is 1. The Bertz CT molecular complexity index is 592. The zero-order chi connectivity index (χ0) is 13.1. The molecule has 0 radical (unpaired) electrons. The maximum atomic E-state index is 9.93. The number of aromatic nitrogens is 1. The summed E-state index contributed by atoms with van der Waals surface area (Å²) in [7, 11) is 0.